The van der Waals surface area contributed by atoms with Gasteiger partial charge in [0.05, 0.1) is 13.1 Å². The van der Waals surface area contributed by atoms with Gasteiger partial charge in [0.2, 0.25) is 5.91 Å². The van der Waals surface area contributed by atoms with E-state index in [-0.39, 0.29) is 11.4 Å². The topological polar surface area (TPSA) is 37.3 Å². The summed E-state index contributed by atoms with van der Waals surface area (Å²) in [6, 6.07) is 12.8. The minimum absolute atomic E-state index is 0.145. The quantitative estimate of drug-likeness (QED) is 0.756. The molecule has 2 rings (SSSR count). The van der Waals surface area contributed by atoms with E-state index in [1.54, 1.807) is 0 Å². The predicted molar refractivity (Wildman–Crippen MR) is 113 cm³/mol. The van der Waals surface area contributed by atoms with E-state index >= 15 is 0 Å². The first-order valence-electron chi connectivity index (χ1n) is 9.87. The molecular weight excluding hydrogens is 334 g/mol. The van der Waals surface area contributed by atoms with Crippen molar-refractivity contribution in [2.75, 3.05) is 13.1 Å². The summed E-state index contributed by atoms with van der Waals surface area (Å²) in [5.41, 5.74) is 3.47. The second kappa shape index (κ2) is 9.23. The molecule has 1 amide bonds. The standard InChI is InChI=1S/C23H35N3O/c1-18(2)14-24-15-22(27)26(23(4,5)6)17-21-11-8-12-25(21)16-20-10-7-9-19(3)13-20/h7-13,18,24H,14-17H2,1-6H3. The summed E-state index contributed by atoms with van der Waals surface area (Å²) < 4.78 is 2.24. The van der Waals surface area contributed by atoms with Crippen molar-refractivity contribution in [3.8, 4) is 0 Å². The van der Waals surface area contributed by atoms with Gasteiger partial charge in [-0.2, -0.15) is 0 Å². The van der Waals surface area contributed by atoms with Crippen molar-refractivity contribution in [1.82, 2.24) is 14.8 Å². The predicted octanol–water partition coefficient (Wildman–Crippen LogP) is 4.22. The molecule has 0 radical (unpaired) electrons. The van der Waals surface area contributed by atoms with Crippen molar-refractivity contribution < 1.29 is 4.79 Å². The van der Waals surface area contributed by atoms with Gasteiger partial charge >= 0.3 is 0 Å². The van der Waals surface area contributed by atoms with E-state index in [4.69, 9.17) is 0 Å². The summed E-state index contributed by atoms with van der Waals surface area (Å²) >= 11 is 0. The Balaban J connectivity index is 2.12. The lowest BCUT2D eigenvalue weighted by atomic mass is 10.1. The smallest absolute Gasteiger partial charge is 0.237 e. The highest BCUT2D eigenvalue weighted by Crippen LogP contribution is 2.19. The Bertz CT molecular complexity index is 740. The van der Waals surface area contributed by atoms with Gasteiger partial charge in [-0.1, -0.05) is 43.7 Å². The molecular formula is C23H35N3O. The van der Waals surface area contributed by atoms with Crippen molar-refractivity contribution >= 4 is 5.91 Å². The first-order chi connectivity index (χ1) is 12.7. The molecule has 0 spiro atoms. The van der Waals surface area contributed by atoms with E-state index in [0.29, 0.717) is 19.0 Å². The molecule has 0 bridgehead atoms. The van der Waals surface area contributed by atoms with Crippen LogP contribution in [0.2, 0.25) is 0 Å². The molecule has 148 valence electrons. The number of hydrogen-bond donors (Lipinski definition) is 1. The van der Waals surface area contributed by atoms with Gasteiger partial charge in [-0.3, -0.25) is 4.79 Å². The van der Waals surface area contributed by atoms with Crippen LogP contribution in [-0.2, 0) is 17.9 Å². The Hall–Kier alpha value is -2.07. The molecule has 1 heterocycles. The van der Waals surface area contributed by atoms with Crippen molar-refractivity contribution in [3.63, 3.8) is 0 Å². The summed E-state index contributed by atoms with van der Waals surface area (Å²) in [6.45, 7) is 15.4. The zero-order valence-electron chi connectivity index (χ0n) is 17.7. The fourth-order valence-corrected chi connectivity index (χ4v) is 3.18. The first kappa shape index (κ1) is 21.2. The van der Waals surface area contributed by atoms with Crippen molar-refractivity contribution in [2.45, 2.75) is 60.2 Å². The molecule has 0 saturated carbocycles. The molecule has 0 aliphatic rings. The number of carbonyl (C=O) groups excluding carboxylic acids is 1. The third-order valence-corrected chi connectivity index (χ3v) is 4.62. The van der Waals surface area contributed by atoms with Crippen LogP contribution >= 0.6 is 0 Å². The number of nitrogens with one attached hydrogen (secondary N) is 1. The van der Waals surface area contributed by atoms with E-state index in [9.17, 15) is 4.79 Å². The van der Waals surface area contributed by atoms with Crippen LogP contribution in [0.1, 0.15) is 51.4 Å². The SMILES string of the molecule is Cc1cccc(Cn2cccc2CN(C(=O)CNCC(C)C)C(C)(C)C)c1. The average Bonchev–Trinajstić information content (AvgIpc) is 2.98. The van der Waals surface area contributed by atoms with Gasteiger partial charge in [-0.25, -0.2) is 0 Å². The maximum atomic E-state index is 12.9. The van der Waals surface area contributed by atoms with Crippen LogP contribution in [-0.4, -0.2) is 34.0 Å². The normalized spacial score (nSPS) is 11.8. The molecule has 0 aliphatic heterocycles. The van der Waals surface area contributed by atoms with E-state index in [0.717, 1.165) is 18.8 Å². The highest BCUT2D eigenvalue weighted by molar-refractivity contribution is 5.79. The Labute approximate surface area is 164 Å². The summed E-state index contributed by atoms with van der Waals surface area (Å²) in [4.78, 5) is 14.8. The third-order valence-electron chi connectivity index (χ3n) is 4.62. The van der Waals surface area contributed by atoms with Gasteiger partial charge < -0.3 is 14.8 Å². The number of aromatic nitrogens is 1. The van der Waals surface area contributed by atoms with Gasteiger partial charge in [-0.15, -0.1) is 0 Å². The zero-order valence-corrected chi connectivity index (χ0v) is 17.7. The Morgan fingerprint density at radius 3 is 2.56 bits per heavy atom. The zero-order chi connectivity index (χ0) is 20.0. The van der Waals surface area contributed by atoms with E-state index in [1.807, 2.05) is 4.90 Å². The highest BCUT2D eigenvalue weighted by atomic mass is 16.2. The van der Waals surface area contributed by atoms with Gasteiger partial charge in [-0.05, 0) is 57.9 Å². The van der Waals surface area contributed by atoms with E-state index < -0.39 is 0 Å². The lowest BCUT2D eigenvalue weighted by Crippen LogP contribution is -2.49. The van der Waals surface area contributed by atoms with Gasteiger partial charge in [0.1, 0.15) is 0 Å². The Kier molecular flexibility index (Phi) is 7.25. The van der Waals surface area contributed by atoms with Crippen LogP contribution < -0.4 is 5.32 Å². The highest BCUT2D eigenvalue weighted by Gasteiger charge is 2.27. The average molecular weight is 370 g/mol. The van der Waals surface area contributed by atoms with Crippen LogP contribution in [0, 0.1) is 12.8 Å². The van der Waals surface area contributed by atoms with E-state index in [2.05, 4.69) is 94.0 Å². The second-order valence-electron chi connectivity index (χ2n) is 8.79. The number of nitrogens with zero attached hydrogens (tertiary/aromatic N) is 2. The Morgan fingerprint density at radius 2 is 1.93 bits per heavy atom. The lowest BCUT2D eigenvalue weighted by molar-refractivity contribution is -0.135. The lowest BCUT2D eigenvalue weighted by Gasteiger charge is -2.36. The molecule has 4 heteroatoms. The van der Waals surface area contributed by atoms with Crippen LogP contribution in [0.5, 0.6) is 0 Å². The number of amides is 1. The summed E-state index contributed by atoms with van der Waals surface area (Å²) in [5.74, 6) is 0.680. The second-order valence-corrected chi connectivity index (χ2v) is 8.79. The molecule has 0 saturated heterocycles. The largest absolute Gasteiger partial charge is 0.345 e. The number of carbonyl (C=O) groups is 1. The van der Waals surface area contributed by atoms with Crippen LogP contribution in [0.25, 0.3) is 0 Å². The molecule has 0 aliphatic carbocycles. The van der Waals surface area contributed by atoms with Gasteiger partial charge in [0.25, 0.3) is 0 Å². The fraction of sp³-hybridized carbons (Fsp3) is 0.522. The van der Waals surface area contributed by atoms with Crippen LogP contribution in [0.4, 0.5) is 0 Å². The van der Waals surface area contributed by atoms with Gasteiger partial charge in [0.15, 0.2) is 0 Å². The maximum absolute atomic E-state index is 12.9. The maximum Gasteiger partial charge on any atom is 0.237 e. The number of aryl methyl sites for hydroxylation is 1. The number of rotatable bonds is 8. The molecule has 1 aromatic heterocycles. The fourth-order valence-electron chi connectivity index (χ4n) is 3.18. The minimum atomic E-state index is -0.227. The van der Waals surface area contributed by atoms with Gasteiger partial charge in [0, 0.05) is 24.0 Å². The summed E-state index contributed by atoms with van der Waals surface area (Å²) in [7, 11) is 0. The van der Waals surface area contributed by atoms with E-state index in [1.165, 1.54) is 11.1 Å². The summed E-state index contributed by atoms with van der Waals surface area (Å²) in [5, 5.41) is 3.28. The molecule has 0 fully saturated rings. The monoisotopic (exact) mass is 369 g/mol. The molecule has 4 nitrogen and oxygen atoms in total. The van der Waals surface area contributed by atoms with Crippen LogP contribution in [0.15, 0.2) is 42.6 Å². The minimum Gasteiger partial charge on any atom is -0.345 e. The molecule has 0 unspecified atom stereocenters. The third kappa shape index (κ3) is 6.55. The first-order valence-corrected chi connectivity index (χ1v) is 9.87. The molecule has 2 aromatic rings. The number of hydrogen-bond acceptors (Lipinski definition) is 2. The van der Waals surface area contributed by atoms with Crippen molar-refractivity contribution in [2.24, 2.45) is 5.92 Å². The molecule has 27 heavy (non-hydrogen) atoms. The summed E-state index contributed by atoms with van der Waals surface area (Å²) in [6.07, 6.45) is 2.10. The molecule has 1 N–H and O–H groups in total. The van der Waals surface area contributed by atoms with Crippen molar-refractivity contribution in [3.05, 3.63) is 59.4 Å². The Morgan fingerprint density at radius 1 is 1.19 bits per heavy atom. The number of benzene rings is 1. The van der Waals surface area contributed by atoms with Crippen LogP contribution in [0.3, 0.4) is 0 Å². The van der Waals surface area contributed by atoms with Crippen molar-refractivity contribution in [1.29, 1.82) is 0 Å². The molecule has 0 atom stereocenters. The molecule has 1 aromatic carbocycles.